The molecule has 0 aromatic carbocycles. The third-order valence-corrected chi connectivity index (χ3v) is 4.64. The van der Waals surface area contributed by atoms with Gasteiger partial charge in [0, 0.05) is 0 Å². The molecular formula is C10H16O. The second-order valence-electron chi connectivity index (χ2n) is 4.78. The van der Waals surface area contributed by atoms with Gasteiger partial charge in [0.15, 0.2) is 0 Å². The predicted molar refractivity (Wildman–Crippen MR) is 43.1 cm³/mol. The molecular weight excluding hydrogens is 136 g/mol. The number of aliphatic hydroxyl groups excluding tert-OH is 1. The Morgan fingerprint density at radius 3 is 2.82 bits per heavy atom. The number of rotatable bonds is 0. The summed E-state index contributed by atoms with van der Waals surface area (Å²) in [7, 11) is 0. The molecule has 0 aliphatic heterocycles. The molecule has 3 fully saturated rings. The Labute approximate surface area is 67.8 Å². The van der Waals surface area contributed by atoms with Crippen LogP contribution in [-0.4, -0.2) is 11.2 Å². The first-order valence-corrected chi connectivity index (χ1v) is 5.01. The molecule has 4 atom stereocenters. The molecule has 0 heterocycles. The summed E-state index contributed by atoms with van der Waals surface area (Å²) in [5, 5.41) is 9.88. The summed E-state index contributed by atoms with van der Waals surface area (Å²) in [6.07, 6.45) is 8.10. The second kappa shape index (κ2) is 1.82. The second-order valence-corrected chi connectivity index (χ2v) is 4.78. The van der Waals surface area contributed by atoms with E-state index in [1.165, 1.54) is 32.1 Å². The van der Waals surface area contributed by atoms with E-state index in [-0.39, 0.29) is 6.10 Å². The van der Waals surface area contributed by atoms with E-state index in [2.05, 4.69) is 0 Å². The van der Waals surface area contributed by atoms with Crippen molar-refractivity contribution >= 4 is 0 Å². The predicted octanol–water partition coefficient (Wildman–Crippen LogP) is 1.95. The lowest BCUT2D eigenvalue weighted by Crippen LogP contribution is -2.30. The molecule has 2 bridgehead atoms. The zero-order chi connectivity index (χ0) is 7.47. The molecule has 3 rings (SSSR count). The van der Waals surface area contributed by atoms with Crippen LogP contribution in [-0.2, 0) is 0 Å². The molecule has 11 heavy (non-hydrogen) atoms. The number of hydrogen-bond donors (Lipinski definition) is 1. The highest BCUT2D eigenvalue weighted by molar-refractivity contribution is 5.10. The maximum atomic E-state index is 9.88. The van der Waals surface area contributed by atoms with Crippen LogP contribution in [0, 0.1) is 17.3 Å². The Morgan fingerprint density at radius 1 is 1.18 bits per heavy atom. The molecule has 1 nitrogen and oxygen atoms in total. The molecule has 1 N–H and O–H groups in total. The van der Waals surface area contributed by atoms with Crippen molar-refractivity contribution in [2.75, 3.05) is 0 Å². The van der Waals surface area contributed by atoms with Gasteiger partial charge in [-0.05, 0) is 49.4 Å². The summed E-state index contributed by atoms with van der Waals surface area (Å²) in [4.78, 5) is 0. The SMILES string of the molecule is O[C@H]1C[C@H]2CC[C@@]13CCC[C@@H]23. The van der Waals surface area contributed by atoms with Gasteiger partial charge in [-0.2, -0.15) is 0 Å². The monoisotopic (exact) mass is 152 g/mol. The number of aliphatic hydroxyl groups is 1. The van der Waals surface area contributed by atoms with Crippen LogP contribution < -0.4 is 0 Å². The topological polar surface area (TPSA) is 20.2 Å². The van der Waals surface area contributed by atoms with Crippen molar-refractivity contribution in [1.29, 1.82) is 0 Å². The zero-order valence-electron chi connectivity index (χ0n) is 6.92. The quantitative estimate of drug-likeness (QED) is 0.562. The zero-order valence-corrected chi connectivity index (χ0v) is 6.92. The summed E-state index contributed by atoms with van der Waals surface area (Å²) in [6, 6.07) is 0. The minimum absolute atomic E-state index is 0.0775. The smallest absolute Gasteiger partial charge is 0.0601 e. The summed E-state index contributed by atoms with van der Waals surface area (Å²) in [6.45, 7) is 0. The molecule has 62 valence electrons. The van der Waals surface area contributed by atoms with Crippen molar-refractivity contribution in [3.63, 3.8) is 0 Å². The summed E-state index contributed by atoms with van der Waals surface area (Å²) >= 11 is 0. The lowest BCUT2D eigenvalue weighted by molar-refractivity contribution is 0.0331. The van der Waals surface area contributed by atoms with Crippen LogP contribution in [0.3, 0.4) is 0 Å². The van der Waals surface area contributed by atoms with Gasteiger partial charge in [-0.3, -0.25) is 0 Å². The summed E-state index contributed by atoms with van der Waals surface area (Å²) in [5.74, 6) is 1.84. The molecule has 0 aromatic rings. The van der Waals surface area contributed by atoms with Crippen LogP contribution in [0.25, 0.3) is 0 Å². The van der Waals surface area contributed by atoms with Crippen molar-refractivity contribution in [3.8, 4) is 0 Å². The van der Waals surface area contributed by atoms with E-state index in [9.17, 15) is 5.11 Å². The first kappa shape index (κ1) is 6.47. The Morgan fingerprint density at radius 2 is 2.09 bits per heavy atom. The highest BCUT2D eigenvalue weighted by atomic mass is 16.3. The van der Waals surface area contributed by atoms with Gasteiger partial charge in [0.05, 0.1) is 6.10 Å². The maximum absolute atomic E-state index is 9.88. The largest absolute Gasteiger partial charge is 0.393 e. The molecule has 0 aromatic heterocycles. The van der Waals surface area contributed by atoms with E-state index in [1.54, 1.807) is 0 Å². The Hall–Kier alpha value is -0.0400. The highest BCUT2D eigenvalue weighted by Crippen LogP contribution is 2.65. The average Bonchev–Trinajstić information content (AvgIpc) is 2.54. The van der Waals surface area contributed by atoms with Crippen LogP contribution >= 0.6 is 0 Å². The third kappa shape index (κ3) is 0.581. The molecule has 3 saturated carbocycles. The Kier molecular flexibility index (Phi) is 1.07. The Balaban J connectivity index is 2.03. The lowest BCUT2D eigenvalue weighted by Gasteiger charge is -2.30. The van der Waals surface area contributed by atoms with Gasteiger partial charge in [0.2, 0.25) is 0 Å². The van der Waals surface area contributed by atoms with Gasteiger partial charge in [-0.25, -0.2) is 0 Å². The van der Waals surface area contributed by atoms with Gasteiger partial charge in [0.25, 0.3) is 0 Å². The normalized spacial score (nSPS) is 60.3. The average molecular weight is 152 g/mol. The van der Waals surface area contributed by atoms with Crippen molar-refractivity contribution in [2.45, 2.75) is 44.6 Å². The lowest BCUT2D eigenvalue weighted by atomic mass is 9.79. The van der Waals surface area contributed by atoms with Crippen LogP contribution in [0.15, 0.2) is 0 Å². The molecule has 0 saturated heterocycles. The molecule has 0 spiro atoms. The van der Waals surface area contributed by atoms with Crippen LogP contribution in [0.2, 0.25) is 0 Å². The summed E-state index contributed by atoms with van der Waals surface area (Å²) in [5.41, 5.74) is 0.435. The van der Waals surface area contributed by atoms with Crippen LogP contribution in [0.4, 0.5) is 0 Å². The number of hydrogen-bond acceptors (Lipinski definition) is 1. The van der Waals surface area contributed by atoms with E-state index in [4.69, 9.17) is 0 Å². The third-order valence-electron chi connectivity index (χ3n) is 4.64. The van der Waals surface area contributed by atoms with Crippen LogP contribution in [0.5, 0.6) is 0 Å². The van der Waals surface area contributed by atoms with E-state index in [0.29, 0.717) is 5.41 Å². The fraction of sp³-hybridized carbons (Fsp3) is 1.00. The van der Waals surface area contributed by atoms with Crippen molar-refractivity contribution in [1.82, 2.24) is 0 Å². The van der Waals surface area contributed by atoms with Gasteiger partial charge in [-0.15, -0.1) is 0 Å². The fourth-order valence-corrected chi connectivity index (χ4v) is 4.18. The van der Waals surface area contributed by atoms with Crippen molar-refractivity contribution in [3.05, 3.63) is 0 Å². The van der Waals surface area contributed by atoms with Crippen molar-refractivity contribution < 1.29 is 5.11 Å². The molecule has 0 radical (unpaired) electrons. The van der Waals surface area contributed by atoms with Crippen LogP contribution in [0.1, 0.15) is 38.5 Å². The fourth-order valence-electron chi connectivity index (χ4n) is 4.18. The van der Waals surface area contributed by atoms with E-state index < -0.39 is 0 Å². The van der Waals surface area contributed by atoms with E-state index >= 15 is 0 Å². The summed E-state index contributed by atoms with van der Waals surface area (Å²) < 4.78 is 0. The standard InChI is InChI=1S/C10H16O/c11-9-6-7-3-5-10(9)4-1-2-8(7)10/h7-9,11H,1-6H2/t7-,8+,9+,10-/m1/s1. The molecule has 0 unspecified atom stereocenters. The molecule has 1 heteroatoms. The van der Waals surface area contributed by atoms with Gasteiger partial charge in [0.1, 0.15) is 0 Å². The van der Waals surface area contributed by atoms with Gasteiger partial charge >= 0.3 is 0 Å². The first-order chi connectivity index (χ1) is 5.33. The highest BCUT2D eigenvalue weighted by Gasteiger charge is 2.60. The minimum atomic E-state index is 0.0775. The van der Waals surface area contributed by atoms with Gasteiger partial charge in [-0.1, -0.05) is 6.42 Å². The molecule has 3 aliphatic carbocycles. The van der Waals surface area contributed by atoms with E-state index in [1.807, 2.05) is 0 Å². The first-order valence-electron chi connectivity index (χ1n) is 5.01. The maximum Gasteiger partial charge on any atom is 0.0601 e. The van der Waals surface area contributed by atoms with E-state index in [0.717, 1.165) is 18.3 Å². The van der Waals surface area contributed by atoms with Gasteiger partial charge < -0.3 is 5.11 Å². The molecule has 3 aliphatic rings. The van der Waals surface area contributed by atoms with Crippen molar-refractivity contribution in [2.24, 2.45) is 17.3 Å². The minimum Gasteiger partial charge on any atom is -0.393 e. The molecule has 0 amide bonds. The Bertz CT molecular complexity index is 185.